The highest BCUT2D eigenvalue weighted by molar-refractivity contribution is 7.89. The zero-order valence-electron chi connectivity index (χ0n) is 11.9. The normalized spacial score (nSPS) is 12.5. The number of sulfonamides is 1. The maximum atomic E-state index is 11.9. The number of pyridine rings is 1. The quantitative estimate of drug-likeness (QED) is 0.388. The first-order valence-electron chi connectivity index (χ1n) is 6.32. The molecule has 1 aromatic rings. The van der Waals surface area contributed by atoms with Crippen LogP contribution in [0.25, 0.3) is 0 Å². The summed E-state index contributed by atoms with van der Waals surface area (Å²) in [5, 5.41) is 6.13. The lowest BCUT2D eigenvalue weighted by molar-refractivity contribution is 0.579. The Morgan fingerprint density at radius 3 is 2.70 bits per heavy atom. The van der Waals surface area contributed by atoms with Crippen molar-refractivity contribution in [3.05, 3.63) is 24.5 Å². The minimum Gasteiger partial charge on any atom is -0.355 e. The SMILES string of the molecule is CN=C(NCCNS(=O)(=O)c1cccnc1)NC(C)C. The number of guanidine groups is 1. The fraction of sp³-hybridized carbons (Fsp3) is 0.500. The third kappa shape index (κ3) is 5.54. The third-order valence-electron chi connectivity index (χ3n) is 2.30. The first kappa shape index (κ1) is 16.4. The van der Waals surface area contributed by atoms with Crippen LogP contribution in [0.15, 0.2) is 34.4 Å². The van der Waals surface area contributed by atoms with E-state index in [1.807, 2.05) is 13.8 Å². The van der Waals surface area contributed by atoms with Crippen molar-refractivity contribution in [1.82, 2.24) is 20.3 Å². The molecule has 1 heterocycles. The number of nitrogens with zero attached hydrogens (tertiary/aromatic N) is 2. The van der Waals surface area contributed by atoms with Gasteiger partial charge in [0.2, 0.25) is 10.0 Å². The first-order chi connectivity index (χ1) is 9.45. The molecule has 7 nitrogen and oxygen atoms in total. The lowest BCUT2D eigenvalue weighted by Crippen LogP contribution is -2.43. The molecule has 0 radical (unpaired) electrons. The van der Waals surface area contributed by atoms with Gasteiger partial charge in [0.15, 0.2) is 5.96 Å². The van der Waals surface area contributed by atoms with Crippen LogP contribution in [0, 0.1) is 0 Å². The molecule has 8 heteroatoms. The van der Waals surface area contributed by atoms with Crippen molar-refractivity contribution in [2.45, 2.75) is 24.8 Å². The molecule has 0 aliphatic heterocycles. The number of aromatic nitrogens is 1. The summed E-state index contributed by atoms with van der Waals surface area (Å²) >= 11 is 0. The van der Waals surface area contributed by atoms with Crippen LogP contribution in [0.4, 0.5) is 0 Å². The van der Waals surface area contributed by atoms with E-state index < -0.39 is 10.0 Å². The largest absolute Gasteiger partial charge is 0.355 e. The van der Waals surface area contributed by atoms with Gasteiger partial charge in [-0.15, -0.1) is 0 Å². The fourth-order valence-electron chi connectivity index (χ4n) is 1.42. The summed E-state index contributed by atoms with van der Waals surface area (Å²) in [7, 11) is -1.84. The number of nitrogens with one attached hydrogen (secondary N) is 3. The Balaban J connectivity index is 2.41. The highest BCUT2D eigenvalue weighted by atomic mass is 32.2. The van der Waals surface area contributed by atoms with E-state index in [-0.39, 0.29) is 17.5 Å². The molecule has 3 N–H and O–H groups in total. The first-order valence-corrected chi connectivity index (χ1v) is 7.81. The van der Waals surface area contributed by atoms with Gasteiger partial charge >= 0.3 is 0 Å². The summed E-state index contributed by atoms with van der Waals surface area (Å²) in [4.78, 5) is 7.97. The summed E-state index contributed by atoms with van der Waals surface area (Å²) in [5.41, 5.74) is 0. The molecule has 20 heavy (non-hydrogen) atoms. The van der Waals surface area contributed by atoms with Crippen LogP contribution in [-0.4, -0.2) is 45.5 Å². The van der Waals surface area contributed by atoms with E-state index in [9.17, 15) is 8.42 Å². The van der Waals surface area contributed by atoms with E-state index in [1.54, 1.807) is 13.1 Å². The van der Waals surface area contributed by atoms with Gasteiger partial charge in [-0.25, -0.2) is 13.1 Å². The topological polar surface area (TPSA) is 95.5 Å². The predicted molar refractivity (Wildman–Crippen MR) is 79.1 cm³/mol. The van der Waals surface area contributed by atoms with Gasteiger partial charge in [-0.05, 0) is 26.0 Å². The van der Waals surface area contributed by atoms with Crippen LogP contribution in [0.3, 0.4) is 0 Å². The Morgan fingerprint density at radius 1 is 1.40 bits per heavy atom. The molecule has 0 saturated heterocycles. The molecule has 0 aliphatic carbocycles. The van der Waals surface area contributed by atoms with E-state index >= 15 is 0 Å². The summed E-state index contributed by atoms with van der Waals surface area (Å²) in [6.45, 7) is 4.69. The van der Waals surface area contributed by atoms with E-state index in [2.05, 4.69) is 25.3 Å². The summed E-state index contributed by atoms with van der Waals surface area (Å²) < 4.78 is 26.3. The monoisotopic (exact) mass is 299 g/mol. The van der Waals surface area contributed by atoms with Gasteiger partial charge < -0.3 is 10.6 Å². The molecule has 0 fully saturated rings. The van der Waals surface area contributed by atoms with Crippen LogP contribution in [-0.2, 0) is 10.0 Å². The summed E-state index contributed by atoms with van der Waals surface area (Å²) in [6, 6.07) is 3.34. The van der Waals surface area contributed by atoms with Crippen molar-refractivity contribution < 1.29 is 8.42 Å². The molecule has 1 aromatic heterocycles. The maximum absolute atomic E-state index is 11.9. The molecule has 1 rings (SSSR count). The molecule has 0 bridgehead atoms. The number of rotatable bonds is 6. The maximum Gasteiger partial charge on any atom is 0.242 e. The van der Waals surface area contributed by atoms with Crippen LogP contribution in [0.2, 0.25) is 0 Å². The molecule has 0 saturated carbocycles. The van der Waals surface area contributed by atoms with Gasteiger partial charge in [0.25, 0.3) is 0 Å². The van der Waals surface area contributed by atoms with Gasteiger partial charge in [0.1, 0.15) is 4.90 Å². The zero-order valence-corrected chi connectivity index (χ0v) is 12.7. The van der Waals surface area contributed by atoms with Gasteiger partial charge in [-0.2, -0.15) is 0 Å². The average Bonchev–Trinajstić information content (AvgIpc) is 2.42. The number of hydrogen-bond donors (Lipinski definition) is 3. The minimum absolute atomic E-state index is 0.157. The van der Waals surface area contributed by atoms with Crippen LogP contribution < -0.4 is 15.4 Å². The van der Waals surface area contributed by atoms with E-state index in [0.29, 0.717) is 12.5 Å². The second-order valence-electron chi connectivity index (χ2n) is 4.38. The lowest BCUT2D eigenvalue weighted by Gasteiger charge is -2.14. The molecular weight excluding hydrogens is 278 g/mol. The van der Waals surface area contributed by atoms with Crippen LogP contribution in [0.5, 0.6) is 0 Å². The number of hydrogen-bond acceptors (Lipinski definition) is 4. The van der Waals surface area contributed by atoms with Gasteiger partial charge in [0.05, 0.1) is 0 Å². The van der Waals surface area contributed by atoms with Gasteiger partial charge in [0, 0.05) is 38.6 Å². The molecule has 0 unspecified atom stereocenters. The van der Waals surface area contributed by atoms with Crippen molar-refractivity contribution in [2.24, 2.45) is 4.99 Å². The highest BCUT2D eigenvalue weighted by Gasteiger charge is 2.12. The van der Waals surface area contributed by atoms with Gasteiger partial charge in [-0.3, -0.25) is 9.98 Å². The van der Waals surface area contributed by atoms with E-state index in [4.69, 9.17) is 0 Å². The average molecular weight is 299 g/mol. The van der Waals surface area contributed by atoms with Crippen molar-refractivity contribution in [2.75, 3.05) is 20.1 Å². The van der Waals surface area contributed by atoms with E-state index in [0.717, 1.165) is 0 Å². The Labute approximate surface area is 120 Å². The lowest BCUT2D eigenvalue weighted by atomic mass is 10.4. The van der Waals surface area contributed by atoms with Crippen molar-refractivity contribution >= 4 is 16.0 Å². The molecule has 0 aliphatic rings. The Bertz CT molecular complexity index is 528. The fourth-order valence-corrected chi connectivity index (χ4v) is 2.42. The van der Waals surface area contributed by atoms with Crippen molar-refractivity contribution in [3.63, 3.8) is 0 Å². The van der Waals surface area contributed by atoms with E-state index in [1.165, 1.54) is 18.5 Å². The minimum atomic E-state index is -3.50. The molecule has 0 spiro atoms. The molecule has 0 amide bonds. The van der Waals surface area contributed by atoms with Crippen LogP contribution >= 0.6 is 0 Å². The van der Waals surface area contributed by atoms with Crippen molar-refractivity contribution in [3.8, 4) is 0 Å². The van der Waals surface area contributed by atoms with Crippen LogP contribution in [0.1, 0.15) is 13.8 Å². The van der Waals surface area contributed by atoms with Gasteiger partial charge in [-0.1, -0.05) is 0 Å². The smallest absolute Gasteiger partial charge is 0.242 e. The zero-order chi connectivity index (χ0) is 15.0. The molecular formula is C12H21N5O2S. The molecule has 0 aromatic carbocycles. The predicted octanol–water partition coefficient (Wildman–Crippen LogP) is -0.0667. The Kier molecular flexibility index (Phi) is 6.40. The Hall–Kier alpha value is -1.67. The second-order valence-corrected chi connectivity index (χ2v) is 6.15. The third-order valence-corrected chi connectivity index (χ3v) is 3.75. The Morgan fingerprint density at radius 2 is 2.15 bits per heavy atom. The highest BCUT2D eigenvalue weighted by Crippen LogP contribution is 2.04. The summed E-state index contributed by atoms with van der Waals surface area (Å²) in [5.74, 6) is 0.639. The number of aliphatic imine (C=N–C) groups is 1. The second kappa shape index (κ2) is 7.81. The van der Waals surface area contributed by atoms with Crippen molar-refractivity contribution in [1.29, 1.82) is 0 Å². The standard InChI is InChI=1S/C12H21N5O2S/c1-10(2)17-12(13-3)15-7-8-16-20(18,19)11-5-4-6-14-9-11/h4-6,9-10,16H,7-8H2,1-3H3,(H2,13,15,17). The summed E-state index contributed by atoms with van der Waals surface area (Å²) in [6.07, 6.45) is 2.84. The molecule has 0 atom stereocenters. The molecule has 112 valence electrons.